The molecule has 42 heavy (non-hydrogen) atoms. The van der Waals surface area contributed by atoms with Crippen LogP contribution in [0, 0.1) is 23.1 Å². The number of benzene rings is 1. The minimum atomic E-state index is -0.917. The summed E-state index contributed by atoms with van der Waals surface area (Å²) >= 11 is 0. The van der Waals surface area contributed by atoms with Gasteiger partial charge in [0.05, 0.1) is 42.4 Å². The number of ether oxygens (including phenoxy) is 1. The largest absolute Gasteiger partial charge is 0.348 e. The second-order valence-corrected chi connectivity index (χ2v) is 12.6. The molecule has 4 aliphatic heterocycles. The molecule has 5 aliphatic rings. The van der Waals surface area contributed by atoms with Crippen LogP contribution in [0.2, 0.25) is 0 Å². The van der Waals surface area contributed by atoms with E-state index in [9.17, 15) is 14.9 Å². The van der Waals surface area contributed by atoms with E-state index in [0.29, 0.717) is 56.4 Å². The van der Waals surface area contributed by atoms with E-state index in [1.807, 2.05) is 6.07 Å². The molecule has 4 fully saturated rings. The summed E-state index contributed by atoms with van der Waals surface area (Å²) in [4.78, 5) is 34.4. The number of carbonyl (C=O) groups excluding carboxylic acids is 2. The van der Waals surface area contributed by atoms with Crippen molar-refractivity contribution in [1.29, 1.82) is 5.26 Å². The van der Waals surface area contributed by atoms with Crippen LogP contribution < -0.4 is 15.5 Å². The van der Waals surface area contributed by atoms with E-state index in [1.54, 1.807) is 22.9 Å². The number of hydrogen-bond donors (Lipinski definition) is 2. The van der Waals surface area contributed by atoms with Gasteiger partial charge in [0.2, 0.25) is 11.8 Å². The van der Waals surface area contributed by atoms with E-state index in [0.717, 1.165) is 25.8 Å². The van der Waals surface area contributed by atoms with Crippen molar-refractivity contribution in [3.63, 3.8) is 0 Å². The fourth-order valence-corrected chi connectivity index (χ4v) is 8.24. The van der Waals surface area contributed by atoms with E-state index in [-0.39, 0.29) is 48.2 Å². The number of hydrogen-bond acceptors (Lipinski definition) is 8. The summed E-state index contributed by atoms with van der Waals surface area (Å²) < 4.78 is 21.9. The summed E-state index contributed by atoms with van der Waals surface area (Å²) in [7, 11) is 3.86. The van der Waals surface area contributed by atoms with E-state index in [4.69, 9.17) is 4.74 Å². The molecule has 0 aromatic heterocycles. The first-order valence-electron chi connectivity index (χ1n) is 15.2. The van der Waals surface area contributed by atoms with Crippen LogP contribution in [0.5, 0.6) is 0 Å². The smallest absolute Gasteiger partial charge is 0.246 e. The molecular weight excluding hydrogens is 537 g/mol. The van der Waals surface area contributed by atoms with Crippen LogP contribution in [-0.2, 0) is 19.7 Å². The zero-order chi connectivity index (χ0) is 29.6. The molecule has 4 heterocycles. The van der Waals surface area contributed by atoms with Gasteiger partial charge in [-0.2, -0.15) is 5.26 Å². The van der Waals surface area contributed by atoms with Crippen LogP contribution in [0.1, 0.15) is 44.1 Å². The highest BCUT2D eigenvalue weighted by Crippen LogP contribution is 2.52. The summed E-state index contributed by atoms with van der Waals surface area (Å²) in [5, 5.41) is 16.9. The topological polar surface area (TPSA) is 104 Å². The van der Waals surface area contributed by atoms with Crippen LogP contribution in [0.3, 0.4) is 0 Å². The Balaban J connectivity index is 1.27. The Morgan fingerprint density at radius 3 is 2.81 bits per heavy atom. The Morgan fingerprint density at radius 1 is 1.24 bits per heavy atom. The van der Waals surface area contributed by atoms with Crippen LogP contribution in [0.25, 0.3) is 0 Å². The molecular formula is C31H42FN7O3. The first kappa shape index (κ1) is 29.2. The number of amides is 2. The van der Waals surface area contributed by atoms with E-state index in [2.05, 4.69) is 40.1 Å². The Morgan fingerprint density at radius 2 is 2.07 bits per heavy atom. The monoisotopic (exact) mass is 579 g/mol. The second-order valence-electron chi connectivity index (χ2n) is 12.6. The molecule has 226 valence electrons. The van der Waals surface area contributed by atoms with Gasteiger partial charge in [-0.25, -0.2) is 4.39 Å². The van der Waals surface area contributed by atoms with Crippen LogP contribution in [0.15, 0.2) is 30.9 Å². The highest BCUT2D eigenvalue weighted by molar-refractivity contribution is 6.08. The quantitative estimate of drug-likeness (QED) is 0.492. The number of piperazine rings is 1. The summed E-state index contributed by atoms with van der Waals surface area (Å²) in [5.41, 5.74) is 0.256. The number of fused-ring (bicyclic) bond motifs is 3. The molecule has 7 atom stereocenters. The SMILES string of the molecule is C=CC(=O)N1CCN(C2NC(OC[C@H]3CCCN3C)NC3C[C@@]4(CCC32)C(=O)N(C)c2cccc(F)c24)C[C@H]1CC#N. The van der Waals surface area contributed by atoms with Gasteiger partial charge in [-0.15, -0.1) is 0 Å². The zero-order valence-corrected chi connectivity index (χ0v) is 24.6. The molecule has 4 unspecified atom stereocenters. The molecule has 1 aliphatic carbocycles. The van der Waals surface area contributed by atoms with Gasteiger partial charge in [-0.3, -0.25) is 25.1 Å². The molecule has 0 bridgehead atoms. The number of nitriles is 1. The summed E-state index contributed by atoms with van der Waals surface area (Å²) in [6, 6.07) is 7.23. The lowest BCUT2D eigenvalue weighted by Crippen LogP contribution is -2.73. The van der Waals surface area contributed by atoms with Gasteiger partial charge in [0.1, 0.15) is 5.82 Å². The molecule has 11 heteroatoms. The molecule has 2 amide bonds. The third-order valence-corrected chi connectivity index (χ3v) is 10.4. The normalized spacial score (nSPS) is 35.2. The Hall–Kier alpha value is -2.88. The maximum Gasteiger partial charge on any atom is 0.246 e. The molecule has 1 saturated carbocycles. The number of nitrogens with one attached hydrogen (secondary N) is 2. The van der Waals surface area contributed by atoms with Crippen molar-refractivity contribution in [3.8, 4) is 6.07 Å². The third kappa shape index (κ3) is 4.93. The first-order valence-corrected chi connectivity index (χ1v) is 15.2. The molecule has 3 saturated heterocycles. The van der Waals surface area contributed by atoms with Gasteiger partial charge in [-0.1, -0.05) is 12.6 Å². The molecule has 2 N–H and O–H groups in total. The number of rotatable bonds is 6. The minimum Gasteiger partial charge on any atom is -0.348 e. The third-order valence-electron chi connectivity index (χ3n) is 10.4. The van der Waals surface area contributed by atoms with Gasteiger partial charge < -0.3 is 19.4 Å². The molecule has 1 spiro atoms. The fraction of sp³-hybridized carbons (Fsp3) is 0.645. The predicted molar refractivity (Wildman–Crippen MR) is 156 cm³/mol. The highest BCUT2D eigenvalue weighted by atomic mass is 19.1. The van der Waals surface area contributed by atoms with Crippen molar-refractivity contribution in [2.75, 3.05) is 51.8 Å². The maximum atomic E-state index is 15.4. The Bertz CT molecular complexity index is 1270. The number of carbonyl (C=O) groups is 2. The molecule has 1 aromatic carbocycles. The second kappa shape index (κ2) is 11.7. The highest BCUT2D eigenvalue weighted by Gasteiger charge is 2.58. The van der Waals surface area contributed by atoms with Gasteiger partial charge in [-0.05, 0) is 63.9 Å². The van der Waals surface area contributed by atoms with Crippen LogP contribution in [-0.4, -0.2) is 104 Å². The summed E-state index contributed by atoms with van der Waals surface area (Å²) in [6.45, 7) is 6.98. The lowest BCUT2D eigenvalue weighted by atomic mass is 9.63. The van der Waals surface area contributed by atoms with Gasteiger partial charge in [0, 0.05) is 50.2 Å². The van der Waals surface area contributed by atoms with Gasteiger partial charge >= 0.3 is 0 Å². The average molecular weight is 580 g/mol. The van der Waals surface area contributed by atoms with E-state index >= 15 is 4.39 Å². The van der Waals surface area contributed by atoms with Crippen molar-refractivity contribution in [2.45, 2.75) is 74.6 Å². The maximum absolute atomic E-state index is 15.4. The van der Waals surface area contributed by atoms with Gasteiger partial charge in [0.15, 0.2) is 6.35 Å². The van der Waals surface area contributed by atoms with Crippen LogP contribution >= 0.6 is 0 Å². The van der Waals surface area contributed by atoms with Crippen molar-refractivity contribution in [1.82, 2.24) is 25.3 Å². The van der Waals surface area contributed by atoms with Crippen molar-refractivity contribution in [3.05, 3.63) is 42.2 Å². The van der Waals surface area contributed by atoms with Crippen molar-refractivity contribution >= 4 is 17.5 Å². The lowest BCUT2D eigenvalue weighted by Gasteiger charge is -2.54. The molecule has 1 aromatic rings. The van der Waals surface area contributed by atoms with Crippen LogP contribution in [0.4, 0.5) is 10.1 Å². The first-order chi connectivity index (χ1) is 20.3. The number of halogens is 1. The average Bonchev–Trinajstić information content (AvgIpc) is 3.50. The fourth-order valence-electron chi connectivity index (χ4n) is 8.24. The molecule has 6 rings (SSSR count). The zero-order valence-electron chi connectivity index (χ0n) is 24.6. The van der Waals surface area contributed by atoms with E-state index < -0.39 is 11.8 Å². The number of likely N-dealkylation sites (tertiary alicyclic amines) is 1. The summed E-state index contributed by atoms with van der Waals surface area (Å²) in [5.74, 6) is -0.401. The number of likely N-dealkylation sites (N-methyl/N-ethyl adjacent to an activating group) is 2. The molecule has 10 nitrogen and oxygen atoms in total. The van der Waals surface area contributed by atoms with Crippen molar-refractivity contribution in [2.24, 2.45) is 5.92 Å². The van der Waals surface area contributed by atoms with Crippen molar-refractivity contribution < 1.29 is 18.7 Å². The van der Waals surface area contributed by atoms with E-state index in [1.165, 1.54) is 12.1 Å². The number of nitrogens with zero attached hydrogens (tertiary/aromatic N) is 5. The molecule has 0 radical (unpaired) electrons. The number of anilines is 1. The minimum absolute atomic E-state index is 0.0476. The summed E-state index contributed by atoms with van der Waals surface area (Å²) in [6.07, 6.45) is 5.02. The lowest BCUT2D eigenvalue weighted by molar-refractivity contribution is -0.137. The van der Waals surface area contributed by atoms with Gasteiger partial charge in [0.25, 0.3) is 0 Å². The Kier molecular flexibility index (Phi) is 8.11. The standard InChI is InChI=1S/C31H42FN7O3/c1-4-26(40)39-16-15-38(18-20(39)11-13-33)28-22-10-12-31(27-23(32)8-5-9-25(27)37(3)29(31)41)17-24(22)34-30(35-28)42-19-21-7-6-14-36(21)2/h4-5,8-9,20-22,24,28,30,34-35H,1,6-7,10-12,14-19H2,2-3H3/t20-,21-,22?,24?,28?,30?,31-/m1/s1. The predicted octanol–water partition coefficient (Wildman–Crippen LogP) is 1.73. The Labute approximate surface area is 247 Å².